The van der Waals surface area contributed by atoms with Crippen LogP contribution in [-0.4, -0.2) is 71.5 Å². The summed E-state index contributed by atoms with van der Waals surface area (Å²) in [6, 6.07) is 60.5. The number of allylic oxidation sites excluding steroid dienone is 2. The van der Waals surface area contributed by atoms with Gasteiger partial charge in [0.25, 0.3) is 0 Å². The lowest BCUT2D eigenvalue weighted by Crippen LogP contribution is -1.99. The van der Waals surface area contributed by atoms with Crippen molar-refractivity contribution in [3.05, 3.63) is 350 Å². The van der Waals surface area contributed by atoms with E-state index in [-0.39, 0.29) is 0 Å². The van der Waals surface area contributed by atoms with Gasteiger partial charge in [-0.1, -0.05) is 171 Å². The van der Waals surface area contributed by atoms with Gasteiger partial charge in [0.1, 0.15) is 5.75 Å². The summed E-state index contributed by atoms with van der Waals surface area (Å²) >= 11 is 1.73. The Morgan fingerprint density at radius 3 is 1.18 bits per heavy atom. The number of halogens is 2. The van der Waals surface area contributed by atoms with Gasteiger partial charge in [-0.3, -0.25) is 49.5 Å². The molecule has 18 heteroatoms. The molecule has 0 aliphatic heterocycles. The quantitative estimate of drug-likeness (QED) is 0.0749. The van der Waals surface area contributed by atoms with Gasteiger partial charge in [0.15, 0.2) is 0 Å². The molecule has 0 radical (unpaired) electrons. The molecule has 1 aliphatic carbocycles. The number of para-hydroxylation sites is 1. The van der Waals surface area contributed by atoms with Crippen LogP contribution < -0.4 is 4.74 Å². The lowest BCUT2D eigenvalue weighted by molar-refractivity contribution is 0.0566. The molecule has 0 fully saturated rings. The summed E-state index contributed by atoms with van der Waals surface area (Å²) in [6.07, 6.45) is 20.1. The van der Waals surface area contributed by atoms with Crippen LogP contribution in [-0.2, 0) is 6.54 Å². The van der Waals surface area contributed by atoms with Gasteiger partial charge >= 0.3 is 6.55 Å². The number of methoxy groups -OCH3 is 1. The molecule has 13 aromatic heterocycles. The second-order valence-corrected chi connectivity index (χ2v) is 36.7. The number of hydrogen-bond acceptors (Lipinski definition) is 14. The maximum atomic E-state index is 12.5. The molecule has 0 amide bonds. The molecule has 0 bridgehead atoms. The van der Waals surface area contributed by atoms with Crippen LogP contribution in [0.1, 0.15) is 292 Å². The number of alkyl halides is 2. The zero-order valence-corrected chi connectivity index (χ0v) is 82.2. The number of furan rings is 1. The van der Waals surface area contributed by atoms with E-state index < -0.39 is 6.55 Å². The van der Waals surface area contributed by atoms with Gasteiger partial charge in [0, 0.05) is 144 Å². The highest BCUT2D eigenvalue weighted by Crippen LogP contribution is 2.35. The van der Waals surface area contributed by atoms with Gasteiger partial charge in [-0.25, -0.2) is 4.68 Å². The molecule has 16 rings (SSSR count). The Morgan fingerprint density at radius 1 is 0.377 bits per heavy atom. The van der Waals surface area contributed by atoms with Crippen molar-refractivity contribution in [2.24, 2.45) is 0 Å². The fourth-order valence-corrected chi connectivity index (χ4v) is 15.1. The lowest BCUT2D eigenvalue weighted by Gasteiger charge is -2.12. The summed E-state index contributed by atoms with van der Waals surface area (Å²) in [5, 5.41) is 12.4. The maximum Gasteiger partial charge on any atom is 0.333 e. The number of rotatable bonds is 19. The van der Waals surface area contributed by atoms with Crippen LogP contribution in [0.5, 0.6) is 5.75 Å². The summed E-state index contributed by atoms with van der Waals surface area (Å²) in [7, 11) is 1.70. The van der Waals surface area contributed by atoms with E-state index in [0.717, 1.165) is 114 Å². The minimum atomic E-state index is -2.61. The Hall–Kier alpha value is -12.4. The van der Waals surface area contributed by atoms with Gasteiger partial charge in [-0.15, -0.1) is 0 Å². The molecule has 0 saturated carbocycles. The van der Waals surface area contributed by atoms with Crippen molar-refractivity contribution < 1.29 is 17.9 Å². The van der Waals surface area contributed by atoms with E-state index in [2.05, 4.69) is 323 Å². The molecule has 0 unspecified atom stereocenters. The van der Waals surface area contributed by atoms with Crippen LogP contribution >= 0.6 is 11.3 Å². The lowest BCUT2D eigenvalue weighted by atomic mass is 10.0. The first-order valence-electron chi connectivity index (χ1n) is 45.5. The number of aromatic nitrogens is 13. The zero-order valence-electron chi connectivity index (χ0n) is 81.4. The highest BCUT2D eigenvalue weighted by Gasteiger charge is 2.17. The highest BCUT2D eigenvalue weighted by molar-refractivity contribution is 7.08. The Kier molecular flexibility index (Phi) is 38.5. The molecule has 0 spiro atoms. The van der Waals surface area contributed by atoms with Crippen LogP contribution in [0, 0.1) is 62.3 Å². The number of thiophene rings is 1. The maximum absolute atomic E-state index is 12.5. The number of pyridine rings is 9. The van der Waals surface area contributed by atoms with E-state index in [1.807, 2.05) is 121 Å². The number of nitrogens with zero attached hydrogens (tertiary/aromatic N) is 13. The molecular formula is C112H135F2N13O2S. The Morgan fingerprint density at radius 2 is 0.777 bits per heavy atom. The molecule has 0 N–H and O–H groups in total. The number of hydrogen-bond donors (Lipinski definition) is 0. The van der Waals surface area contributed by atoms with E-state index in [4.69, 9.17) is 9.15 Å². The highest BCUT2D eigenvalue weighted by atomic mass is 32.1. The molecule has 0 saturated heterocycles. The molecule has 15 nitrogen and oxygen atoms in total. The largest absolute Gasteiger partial charge is 0.496 e. The second kappa shape index (κ2) is 49.4. The van der Waals surface area contributed by atoms with E-state index in [0.29, 0.717) is 57.6 Å². The van der Waals surface area contributed by atoms with Gasteiger partial charge < -0.3 is 9.15 Å². The molecule has 680 valence electrons. The first-order chi connectivity index (χ1) is 61.9. The van der Waals surface area contributed by atoms with Crippen LogP contribution in [0.15, 0.2) is 247 Å². The third-order valence-electron chi connectivity index (χ3n) is 21.5. The van der Waals surface area contributed by atoms with Crippen molar-refractivity contribution in [3.63, 3.8) is 0 Å². The molecule has 0 atom stereocenters. The van der Waals surface area contributed by atoms with E-state index in [1.54, 1.807) is 37.2 Å². The summed E-state index contributed by atoms with van der Waals surface area (Å²) in [5.41, 5.74) is 36.4. The normalized spacial score (nSPS) is 11.5. The molecular weight excluding hydrogens is 1630 g/mol. The van der Waals surface area contributed by atoms with Crippen molar-refractivity contribution in [2.75, 3.05) is 7.11 Å². The Bertz CT molecular complexity index is 5940. The van der Waals surface area contributed by atoms with Gasteiger partial charge in [0.2, 0.25) is 0 Å². The predicted molar refractivity (Wildman–Crippen MR) is 537 cm³/mol. The van der Waals surface area contributed by atoms with Crippen molar-refractivity contribution in [3.8, 4) is 72.5 Å². The van der Waals surface area contributed by atoms with Crippen molar-refractivity contribution >= 4 is 16.9 Å². The second-order valence-electron chi connectivity index (χ2n) is 35.9. The van der Waals surface area contributed by atoms with Crippen LogP contribution in [0.2, 0.25) is 0 Å². The fraction of sp³-hybridized carbons (Fsp3) is 0.348. The van der Waals surface area contributed by atoms with Crippen LogP contribution in [0.25, 0.3) is 72.3 Å². The van der Waals surface area contributed by atoms with Gasteiger partial charge in [-0.05, 0) is 322 Å². The minimum absolute atomic E-state index is 0.300. The SMILES string of the molecule is COc1ccccc1-c1cc(C)nc(C(C)C)c1.Cc1cc(-c2cccnc2)cc(C(C)C)n1.Cc1cc(-c2ccoc2)cc(C(C)C)n1.Cc1cc(-c2ccsc2)cc(C(C)C)n1.Cc1cc(-c2cnn(C(F)F)c2)cc(C(C)C)n1.Cc1cc(-c2cnn(Cc3ccccc3)c2)cc(C(C)C)n1.Cc1cc(C)nc(C(C)C)c1.Cc1cc(C2=CCCC2)cc(C(C)C)n1. The molecule has 130 heavy (non-hydrogen) atoms. The fourth-order valence-electron chi connectivity index (χ4n) is 14.4. The predicted octanol–water partition coefficient (Wildman–Crippen LogP) is 30.9. The Balaban J connectivity index is 0.000000168. The van der Waals surface area contributed by atoms with Crippen LogP contribution in [0.3, 0.4) is 0 Å². The average Bonchev–Trinajstić information content (AvgIpc) is 1.46. The topological polar surface area (TPSA) is 174 Å². The van der Waals surface area contributed by atoms with Crippen molar-refractivity contribution in [1.29, 1.82) is 0 Å². The summed E-state index contributed by atoms with van der Waals surface area (Å²) in [4.78, 5) is 40.4. The van der Waals surface area contributed by atoms with Crippen molar-refractivity contribution in [2.45, 2.75) is 253 Å². The van der Waals surface area contributed by atoms with Gasteiger partial charge in [-0.2, -0.15) is 30.3 Å². The standard InChI is InChI=1S/C19H21N3.C16H19NO.C14H16N2.C14H19N.C13H15F2N3.C13H15NO.C13H15NS.C10H15N/c1-14(2)19-10-17(9-15(3)21-19)18-11-20-22(13-18)12-16-7-5-4-6-8-16;1-11(2)15-10-13(9-12(3)17-15)14-7-5-6-8-16(14)18-4;1-10(2)14-8-13(7-11(3)16-14)12-5-4-6-15-9-12;1-10(2)14-9-13(8-11(3)15-14)12-6-4-5-7-12;1-8(2)12-5-10(4-9(3)17-12)11-6-16-18(7-11)13(14)15;2*1-9(2)13-7-12(6-10(3)14-13)11-4-5-15-8-11;1-7(2)10-6-8(3)5-9(4)11-10/h4-11,13-14H,12H2,1-3H3;5-11H,1-4H3;4-10H,1-3H3;6,8-10H,4-5,7H2,1-3H3;4-8,13H,1-3H3;2*4-9H,1-3H3;5-7H,1-4H3. The van der Waals surface area contributed by atoms with E-state index in [1.165, 1.54) is 104 Å². The molecule has 2 aromatic carbocycles. The summed E-state index contributed by atoms with van der Waals surface area (Å²) in [6.45, 7) is 51.0. The third-order valence-corrected chi connectivity index (χ3v) is 22.2. The van der Waals surface area contributed by atoms with E-state index >= 15 is 0 Å². The van der Waals surface area contributed by atoms with Gasteiger partial charge in [0.05, 0.1) is 38.6 Å². The molecule has 1 aliphatic rings. The monoisotopic (exact) mass is 1760 g/mol. The molecule has 15 aromatic rings. The first-order valence-corrected chi connectivity index (χ1v) is 46.4. The Labute approximate surface area is 777 Å². The summed E-state index contributed by atoms with van der Waals surface area (Å²) in [5.74, 6) is 4.51. The number of benzene rings is 2. The average molecular weight is 1770 g/mol. The first kappa shape index (κ1) is 101. The number of aryl methyl sites for hydroxylation is 9. The smallest absolute Gasteiger partial charge is 0.333 e. The number of ether oxygens (including phenoxy) is 1. The molecule has 13 heterocycles. The minimum Gasteiger partial charge on any atom is -0.496 e. The van der Waals surface area contributed by atoms with E-state index in [9.17, 15) is 8.78 Å². The van der Waals surface area contributed by atoms with Crippen LogP contribution in [0.4, 0.5) is 8.78 Å². The van der Waals surface area contributed by atoms with Crippen molar-refractivity contribution in [1.82, 2.24) is 64.4 Å². The summed E-state index contributed by atoms with van der Waals surface area (Å²) < 4.78 is 38.1. The third kappa shape index (κ3) is 31.5. The zero-order chi connectivity index (χ0) is 94.4.